The molecule has 17 heavy (non-hydrogen) atoms. The lowest BCUT2D eigenvalue weighted by Crippen LogP contribution is -2.44. The Balaban J connectivity index is 2.12. The van der Waals surface area contributed by atoms with Gasteiger partial charge in [-0.2, -0.15) is 16.9 Å². The summed E-state index contributed by atoms with van der Waals surface area (Å²) in [6, 6.07) is 0. The molecule has 1 atom stereocenters. The molecule has 0 spiro atoms. The Kier molecular flexibility index (Phi) is 3.50. The van der Waals surface area contributed by atoms with Crippen LogP contribution in [0, 0.1) is 5.41 Å². The fraction of sp³-hybridized carbons (Fsp3) is 0.833. The second-order valence-corrected chi connectivity index (χ2v) is 6.71. The topological polar surface area (TPSA) is 50.9 Å². The van der Waals surface area contributed by atoms with E-state index in [4.69, 9.17) is 0 Å². The van der Waals surface area contributed by atoms with Gasteiger partial charge in [0.2, 0.25) is 0 Å². The summed E-state index contributed by atoms with van der Waals surface area (Å²) in [5.74, 6) is 2.82. The van der Waals surface area contributed by atoms with E-state index in [9.17, 15) is 5.11 Å². The molecule has 5 heteroatoms. The summed E-state index contributed by atoms with van der Waals surface area (Å²) in [6.45, 7) is 7.28. The molecule has 1 aliphatic heterocycles. The molecule has 0 radical (unpaired) electrons. The van der Waals surface area contributed by atoms with Crippen molar-refractivity contribution in [2.45, 2.75) is 45.8 Å². The minimum absolute atomic E-state index is 0.203. The predicted molar refractivity (Wildman–Crippen MR) is 70.1 cm³/mol. The first-order valence-corrected chi connectivity index (χ1v) is 7.26. The molecule has 1 aliphatic rings. The van der Waals surface area contributed by atoms with Crippen LogP contribution in [0.3, 0.4) is 0 Å². The van der Waals surface area contributed by atoms with Gasteiger partial charge in [-0.15, -0.1) is 0 Å². The summed E-state index contributed by atoms with van der Waals surface area (Å²) < 4.78 is 1.87. The number of aromatic nitrogens is 3. The zero-order chi connectivity index (χ0) is 12.5. The third-order valence-electron chi connectivity index (χ3n) is 3.15. The molecule has 0 aromatic carbocycles. The van der Waals surface area contributed by atoms with Crippen LogP contribution in [0.25, 0.3) is 0 Å². The van der Waals surface area contributed by atoms with Crippen LogP contribution in [0.15, 0.2) is 6.33 Å². The Morgan fingerprint density at radius 1 is 1.47 bits per heavy atom. The minimum atomic E-state index is -0.633. The van der Waals surface area contributed by atoms with Gasteiger partial charge in [-0.3, -0.25) is 4.68 Å². The lowest BCUT2D eigenvalue weighted by atomic mass is 9.80. The highest BCUT2D eigenvalue weighted by Gasteiger charge is 2.39. The fourth-order valence-corrected chi connectivity index (χ4v) is 3.95. The van der Waals surface area contributed by atoms with E-state index in [1.165, 1.54) is 0 Å². The van der Waals surface area contributed by atoms with Gasteiger partial charge in [-0.1, -0.05) is 13.8 Å². The van der Waals surface area contributed by atoms with Crippen molar-refractivity contribution in [2.24, 2.45) is 5.41 Å². The van der Waals surface area contributed by atoms with Crippen LogP contribution in [0.4, 0.5) is 0 Å². The largest absolute Gasteiger partial charge is 0.389 e. The average molecular weight is 255 g/mol. The van der Waals surface area contributed by atoms with E-state index in [0.29, 0.717) is 6.42 Å². The Morgan fingerprint density at radius 2 is 2.24 bits per heavy atom. The number of aliphatic hydroxyl groups is 1. The van der Waals surface area contributed by atoms with E-state index >= 15 is 0 Å². The number of hydrogen-bond acceptors (Lipinski definition) is 4. The van der Waals surface area contributed by atoms with Crippen molar-refractivity contribution in [3.05, 3.63) is 12.2 Å². The lowest BCUT2D eigenvalue weighted by Gasteiger charge is -2.40. The number of rotatable bonds is 3. The summed E-state index contributed by atoms with van der Waals surface area (Å²) in [5.41, 5.74) is -0.429. The first kappa shape index (κ1) is 12.9. The molecule has 1 aromatic heterocycles. The molecular formula is C12H21N3OS. The van der Waals surface area contributed by atoms with Crippen molar-refractivity contribution in [1.29, 1.82) is 0 Å². The Morgan fingerprint density at radius 3 is 2.88 bits per heavy atom. The molecule has 96 valence electrons. The lowest BCUT2D eigenvalue weighted by molar-refractivity contribution is 0.0174. The monoisotopic (exact) mass is 255 g/mol. The van der Waals surface area contributed by atoms with Gasteiger partial charge in [0.05, 0.1) is 5.60 Å². The zero-order valence-corrected chi connectivity index (χ0v) is 11.6. The Labute approximate surface area is 107 Å². The first-order valence-electron chi connectivity index (χ1n) is 6.11. The van der Waals surface area contributed by atoms with Crippen LogP contribution in [-0.4, -0.2) is 37.0 Å². The Hall–Kier alpha value is -0.550. The number of thioether (sulfide) groups is 1. The molecule has 0 bridgehead atoms. The van der Waals surface area contributed by atoms with Crippen molar-refractivity contribution < 1.29 is 5.11 Å². The van der Waals surface area contributed by atoms with E-state index in [1.54, 1.807) is 6.33 Å². The maximum absolute atomic E-state index is 10.7. The van der Waals surface area contributed by atoms with Crippen molar-refractivity contribution in [2.75, 3.05) is 11.5 Å². The van der Waals surface area contributed by atoms with E-state index in [1.807, 2.05) is 23.4 Å². The highest BCUT2D eigenvalue weighted by molar-refractivity contribution is 7.99. The molecule has 2 rings (SSSR count). The van der Waals surface area contributed by atoms with Gasteiger partial charge < -0.3 is 5.11 Å². The summed E-state index contributed by atoms with van der Waals surface area (Å²) in [5, 5.41) is 14.9. The third-order valence-corrected chi connectivity index (χ3v) is 4.88. The van der Waals surface area contributed by atoms with Crippen molar-refractivity contribution in [3.63, 3.8) is 0 Å². The SMILES string of the molecule is CCn1ncnc1CC1(O)CSCC(C)(C)C1. The summed E-state index contributed by atoms with van der Waals surface area (Å²) in [4.78, 5) is 4.26. The van der Waals surface area contributed by atoms with Crippen LogP contribution in [0.2, 0.25) is 0 Å². The van der Waals surface area contributed by atoms with Gasteiger partial charge in [0.25, 0.3) is 0 Å². The van der Waals surface area contributed by atoms with Crippen LogP contribution in [0.5, 0.6) is 0 Å². The number of aryl methyl sites for hydroxylation is 1. The highest BCUT2D eigenvalue weighted by Crippen LogP contribution is 2.40. The minimum Gasteiger partial charge on any atom is -0.389 e. The van der Waals surface area contributed by atoms with Crippen molar-refractivity contribution in [1.82, 2.24) is 14.8 Å². The molecule has 1 fully saturated rings. The quantitative estimate of drug-likeness (QED) is 0.894. The number of nitrogens with zero attached hydrogens (tertiary/aromatic N) is 3. The molecule has 0 amide bonds. The molecule has 0 saturated carbocycles. The van der Waals surface area contributed by atoms with Gasteiger partial charge >= 0.3 is 0 Å². The second kappa shape index (κ2) is 4.61. The molecular weight excluding hydrogens is 234 g/mol. The molecule has 1 N–H and O–H groups in total. The summed E-state index contributed by atoms with van der Waals surface area (Å²) in [7, 11) is 0. The van der Waals surface area contributed by atoms with Gasteiger partial charge in [-0.05, 0) is 24.5 Å². The third kappa shape index (κ3) is 3.01. The van der Waals surface area contributed by atoms with Crippen molar-refractivity contribution in [3.8, 4) is 0 Å². The normalized spacial score (nSPS) is 28.2. The fourth-order valence-electron chi connectivity index (χ4n) is 2.61. The average Bonchev–Trinajstić information content (AvgIpc) is 2.62. The van der Waals surface area contributed by atoms with Crippen LogP contribution in [-0.2, 0) is 13.0 Å². The van der Waals surface area contributed by atoms with E-state index in [-0.39, 0.29) is 5.41 Å². The van der Waals surface area contributed by atoms with Crippen LogP contribution in [0.1, 0.15) is 33.0 Å². The first-order chi connectivity index (χ1) is 7.94. The Bertz CT molecular complexity index is 391. The maximum atomic E-state index is 10.7. The van der Waals surface area contributed by atoms with E-state index < -0.39 is 5.60 Å². The molecule has 4 nitrogen and oxygen atoms in total. The van der Waals surface area contributed by atoms with Crippen LogP contribution >= 0.6 is 11.8 Å². The van der Waals surface area contributed by atoms with Crippen molar-refractivity contribution >= 4 is 11.8 Å². The predicted octanol–water partition coefficient (Wildman–Crippen LogP) is 1.73. The summed E-state index contributed by atoms with van der Waals surface area (Å²) >= 11 is 1.84. The second-order valence-electron chi connectivity index (χ2n) is 5.73. The smallest absolute Gasteiger partial charge is 0.138 e. The van der Waals surface area contributed by atoms with E-state index in [0.717, 1.165) is 30.3 Å². The summed E-state index contributed by atoms with van der Waals surface area (Å²) in [6.07, 6.45) is 3.02. The number of hydrogen-bond donors (Lipinski definition) is 1. The van der Waals surface area contributed by atoms with Gasteiger partial charge in [-0.25, -0.2) is 4.98 Å². The molecule has 1 aromatic rings. The van der Waals surface area contributed by atoms with E-state index in [2.05, 4.69) is 23.9 Å². The molecule has 0 aliphatic carbocycles. The van der Waals surface area contributed by atoms with Crippen LogP contribution < -0.4 is 0 Å². The molecule has 1 unspecified atom stereocenters. The van der Waals surface area contributed by atoms with Gasteiger partial charge in [0.15, 0.2) is 0 Å². The maximum Gasteiger partial charge on any atom is 0.138 e. The van der Waals surface area contributed by atoms with Gasteiger partial charge in [0, 0.05) is 18.7 Å². The van der Waals surface area contributed by atoms with Gasteiger partial charge in [0.1, 0.15) is 12.2 Å². The molecule has 1 saturated heterocycles. The molecule has 2 heterocycles. The highest BCUT2D eigenvalue weighted by atomic mass is 32.2. The standard InChI is InChI=1S/C12H21N3OS/c1-4-15-10(13-9-14-15)5-12(16)6-11(2,3)7-17-8-12/h9,16H,4-8H2,1-3H3. The zero-order valence-electron chi connectivity index (χ0n) is 10.8.